The summed E-state index contributed by atoms with van der Waals surface area (Å²) in [5, 5.41) is 9.09. The van der Waals surface area contributed by atoms with Gasteiger partial charge in [0.1, 0.15) is 4.88 Å². The molecule has 0 saturated heterocycles. The minimum Gasteiger partial charge on any atom is -0.477 e. The molecule has 2 rings (SSSR count). The van der Waals surface area contributed by atoms with E-state index in [2.05, 4.69) is 0 Å². The number of halogens is 2. The van der Waals surface area contributed by atoms with Gasteiger partial charge in [-0.3, -0.25) is 0 Å². The van der Waals surface area contributed by atoms with E-state index >= 15 is 0 Å². The number of aromatic carboxylic acids is 1. The summed E-state index contributed by atoms with van der Waals surface area (Å²) in [4.78, 5) is 11.9. The number of carbonyl (C=O) groups is 1. The van der Waals surface area contributed by atoms with Crippen LogP contribution in [-0.4, -0.2) is 16.8 Å². The molecule has 2 heterocycles. The lowest BCUT2D eigenvalue weighted by molar-refractivity contribution is 0.0216. The summed E-state index contributed by atoms with van der Waals surface area (Å²) in [7, 11) is 0. The van der Waals surface area contributed by atoms with Crippen molar-refractivity contribution in [2.45, 2.75) is 24.7 Å². The predicted octanol–water partition coefficient (Wildman–Crippen LogP) is 4.88. The van der Waals surface area contributed by atoms with Gasteiger partial charge in [0.2, 0.25) is 0 Å². The Morgan fingerprint density at radius 3 is 2.67 bits per heavy atom. The Bertz CT molecular complexity index is 595. The van der Waals surface area contributed by atoms with Crippen LogP contribution in [0.25, 0.3) is 9.40 Å². The van der Waals surface area contributed by atoms with E-state index in [9.17, 15) is 13.6 Å². The molecule has 0 fully saturated rings. The first kappa shape index (κ1) is 13.8. The summed E-state index contributed by atoms with van der Waals surface area (Å²) in [5.41, 5.74) is 0. The number of carboxylic acids is 1. The van der Waals surface area contributed by atoms with Crippen molar-refractivity contribution >= 4 is 49.8 Å². The predicted molar refractivity (Wildman–Crippen MR) is 72.6 cm³/mol. The van der Waals surface area contributed by atoms with E-state index in [1.807, 2.05) is 6.92 Å². The molecule has 0 aromatic carbocycles. The second-order valence-electron chi connectivity index (χ2n) is 3.69. The summed E-state index contributed by atoms with van der Waals surface area (Å²) >= 11 is 3.44. The molecule has 0 bridgehead atoms. The number of thioether (sulfide) groups is 1. The standard InChI is InChI=1S/C11H10F2O2S3/c1-3-16-8-7-5(17-9(8)10(14)15)4-6(18-7)11(2,12)13/h4H,3H2,1-2H3,(H,14,15). The molecule has 18 heavy (non-hydrogen) atoms. The monoisotopic (exact) mass is 308 g/mol. The van der Waals surface area contributed by atoms with Crippen molar-refractivity contribution in [1.29, 1.82) is 0 Å². The minimum absolute atomic E-state index is 0.0151. The molecule has 0 unspecified atom stereocenters. The molecular weight excluding hydrogens is 298 g/mol. The van der Waals surface area contributed by atoms with Gasteiger partial charge in [-0.05, 0) is 11.8 Å². The molecule has 0 atom stereocenters. The Kier molecular flexibility index (Phi) is 3.66. The SMILES string of the molecule is CCSc1c(C(=O)O)sc2cc(C(C)(F)F)sc12. The van der Waals surface area contributed by atoms with Crippen LogP contribution in [0.4, 0.5) is 8.78 Å². The van der Waals surface area contributed by atoms with Gasteiger partial charge in [-0.2, -0.15) is 0 Å². The van der Waals surface area contributed by atoms with E-state index in [0.29, 0.717) is 20.0 Å². The topological polar surface area (TPSA) is 37.3 Å². The highest BCUT2D eigenvalue weighted by Crippen LogP contribution is 2.46. The Labute approximate surface area is 115 Å². The molecule has 1 N–H and O–H groups in total. The van der Waals surface area contributed by atoms with E-state index in [1.165, 1.54) is 17.8 Å². The van der Waals surface area contributed by atoms with E-state index in [-0.39, 0.29) is 9.75 Å². The van der Waals surface area contributed by atoms with Gasteiger partial charge in [0.25, 0.3) is 5.92 Å². The van der Waals surface area contributed by atoms with Crippen molar-refractivity contribution in [2.75, 3.05) is 5.75 Å². The van der Waals surface area contributed by atoms with Gasteiger partial charge in [0, 0.05) is 11.6 Å². The fraction of sp³-hybridized carbons (Fsp3) is 0.364. The summed E-state index contributed by atoms with van der Waals surface area (Å²) in [6.07, 6.45) is 0. The van der Waals surface area contributed by atoms with Gasteiger partial charge in [0.15, 0.2) is 0 Å². The third-order valence-corrected chi connectivity index (χ3v) is 6.06. The molecule has 0 aliphatic heterocycles. The zero-order valence-electron chi connectivity index (χ0n) is 9.62. The third-order valence-electron chi connectivity index (χ3n) is 2.24. The smallest absolute Gasteiger partial charge is 0.347 e. The number of carboxylic acid groups (broad SMARTS) is 1. The summed E-state index contributed by atoms with van der Waals surface area (Å²) in [6.45, 7) is 2.76. The highest BCUT2D eigenvalue weighted by molar-refractivity contribution is 7.99. The number of hydrogen-bond donors (Lipinski definition) is 1. The zero-order chi connectivity index (χ0) is 13.5. The number of alkyl halides is 2. The maximum Gasteiger partial charge on any atom is 0.347 e. The van der Waals surface area contributed by atoms with Crippen LogP contribution in [-0.2, 0) is 5.92 Å². The third kappa shape index (κ3) is 2.39. The highest BCUT2D eigenvalue weighted by Gasteiger charge is 2.29. The first-order chi connectivity index (χ1) is 8.34. The van der Waals surface area contributed by atoms with Crippen molar-refractivity contribution in [2.24, 2.45) is 0 Å². The fourth-order valence-corrected chi connectivity index (χ4v) is 5.11. The van der Waals surface area contributed by atoms with Gasteiger partial charge in [-0.1, -0.05) is 6.92 Å². The number of thiophene rings is 2. The van der Waals surface area contributed by atoms with E-state index in [1.54, 1.807) is 0 Å². The average molecular weight is 308 g/mol. The molecule has 7 heteroatoms. The molecule has 98 valence electrons. The largest absolute Gasteiger partial charge is 0.477 e. The quantitative estimate of drug-likeness (QED) is 0.818. The van der Waals surface area contributed by atoms with Crippen LogP contribution < -0.4 is 0 Å². The average Bonchev–Trinajstić information content (AvgIpc) is 2.76. The van der Waals surface area contributed by atoms with Crippen LogP contribution in [0.1, 0.15) is 28.4 Å². The Hall–Kier alpha value is -0.660. The Balaban J connectivity index is 2.62. The molecule has 0 amide bonds. The molecule has 2 nitrogen and oxygen atoms in total. The molecule has 0 aliphatic rings. The molecule has 0 radical (unpaired) electrons. The van der Waals surface area contributed by atoms with Crippen LogP contribution >= 0.6 is 34.4 Å². The molecule has 0 spiro atoms. The molecule has 2 aromatic heterocycles. The maximum atomic E-state index is 13.2. The van der Waals surface area contributed by atoms with Crippen LogP contribution in [0.15, 0.2) is 11.0 Å². The Morgan fingerprint density at radius 2 is 2.17 bits per heavy atom. The second-order valence-corrected chi connectivity index (χ2v) is 7.07. The van der Waals surface area contributed by atoms with E-state index < -0.39 is 11.9 Å². The normalized spacial score (nSPS) is 12.2. The molecular formula is C11H10F2O2S3. The zero-order valence-corrected chi connectivity index (χ0v) is 12.1. The number of fused-ring (bicyclic) bond motifs is 1. The van der Waals surface area contributed by atoms with Crippen molar-refractivity contribution in [1.82, 2.24) is 0 Å². The first-order valence-corrected chi connectivity index (χ1v) is 7.77. The molecule has 0 aliphatic carbocycles. The lowest BCUT2D eigenvalue weighted by Crippen LogP contribution is -2.03. The van der Waals surface area contributed by atoms with Crippen LogP contribution in [0.2, 0.25) is 0 Å². The molecule has 0 saturated carbocycles. The summed E-state index contributed by atoms with van der Waals surface area (Å²) < 4.78 is 27.8. The van der Waals surface area contributed by atoms with Crippen molar-refractivity contribution in [3.8, 4) is 0 Å². The second kappa shape index (κ2) is 4.79. The minimum atomic E-state index is -2.87. The van der Waals surface area contributed by atoms with Crippen LogP contribution in [0.3, 0.4) is 0 Å². The number of hydrogen-bond acceptors (Lipinski definition) is 4. The highest BCUT2D eigenvalue weighted by atomic mass is 32.2. The Morgan fingerprint density at radius 1 is 1.50 bits per heavy atom. The fourth-order valence-electron chi connectivity index (χ4n) is 1.50. The van der Waals surface area contributed by atoms with Gasteiger partial charge in [-0.15, -0.1) is 34.4 Å². The van der Waals surface area contributed by atoms with E-state index in [0.717, 1.165) is 29.6 Å². The summed E-state index contributed by atoms with van der Waals surface area (Å²) in [6, 6.07) is 1.40. The van der Waals surface area contributed by atoms with E-state index in [4.69, 9.17) is 5.11 Å². The first-order valence-electron chi connectivity index (χ1n) is 5.15. The maximum absolute atomic E-state index is 13.2. The van der Waals surface area contributed by atoms with Gasteiger partial charge in [-0.25, -0.2) is 13.6 Å². The van der Waals surface area contributed by atoms with Gasteiger partial charge >= 0.3 is 5.97 Å². The van der Waals surface area contributed by atoms with Crippen molar-refractivity contribution in [3.05, 3.63) is 15.8 Å². The lowest BCUT2D eigenvalue weighted by Gasteiger charge is -2.05. The molecule has 2 aromatic rings. The number of rotatable bonds is 4. The van der Waals surface area contributed by atoms with Gasteiger partial charge < -0.3 is 5.11 Å². The summed E-state index contributed by atoms with van der Waals surface area (Å²) in [5.74, 6) is -3.16. The van der Waals surface area contributed by atoms with Crippen LogP contribution in [0.5, 0.6) is 0 Å². The lowest BCUT2D eigenvalue weighted by atomic mass is 10.3. The van der Waals surface area contributed by atoms with Crippen molar-refractivity contribution in [3.63, 3.8) is 0 Å². The van der Waals surface area contributed by atoms with Crippen LogP contribution in [0, 0.1) is 0 Å². The van der Waals surface area contributed by atoms with Crippen molar-refractivity contribution < 1.29 is 18.7 Å². The van der Waals surface area contributed by atoms with Gasteiger partial charge in [0.05, 0.1) is 14.5 Å².